The third kappa shape index (κ3) is 2.78. The molecule has 3 rings (SSSR count). The fourth-order valence-electron chi connectivity index (χ4n) is 2.99. The lowest BCUT2D eigenvalue weighted by molar-refractivity contribution is 0.247. The highest BCUT2D eigenvalue weighted by Gasteiger charge is 2.27. The van der Waals surface area contributed by atoms with Crippen molar-refractivity contribution >= 4 is 5.82 Å². The minimum absolute atomic E-state index is 0.742. The summed E-state index contributed by atoms with van der Waals surface area (Å²) in [5.41, 5.74) is 2.78. The summed E-state index contributed by atoms with van der Waals surface area (Å²) in [6.45, 7) is 9.42. The van der Waals surface area contributed by atoms with E-state index >= 15 is 0 Å². The van der Waals surface area contributed by atoms with Gasteiger partial charge in [0, 0.05) is 38.4 Å². The van der Waals surface area contributed by atoms with Gasteiger partial charge in [0.2, 0.25) is 0 Å². The lowest BCUT2D eigenvalue weighted by atomic mass is 10.1. The Labute approximate surface area is 121 Å². The molecular formula is C16H22N4. The summed E-state index contributed by atoms with van der Waals surface area (Å²) in [5.74, 6) is 1.84. The van der Waals surface area contributed by atoms with Crippen molar-refractivity contribution in [3.05, 3.63) is 22.9 Å². The van der Waals surface area contributed by atoms with Gasteiger partial charge in [0.1, 0.15) is 11.9 Å². The van der Waals surface area contributed by atoms with Crippen LogP contribution < -0.4 is 4.90 Å². The average Bonchev–Trinajstić information content (AvgIpc) is 3.23. The van der Waals surface area contributed by atoms with Crippen LogP contribution in [0.4, 0.5) is 5.82 Å². The molecule has 1 aromatic rings. The molecule has 20 heavy (non-hydrogen) atoms. The number of piperazine rings is 1. The molecule has 4 nitrogen and oxygen atoms in total. The molecule has 2 fully saturated rings. The van der Waals surface area contributed by atoms with Crippen LogP contribution in [-0.2, 0) is 0 Å². The molecule has 0 spiro atoms. The lowest BCUT2D eigenvalue weighted by Gasteiger charge is -2.36. The Morgan fingerprint density at radius 3 is 2.55 bits per heavy atom. The number of aryl methyl sites for hydroxylation is 2. The van der Waals surface area contributed by atoms with Crippen molar-refractivity contribution in [2.45, 2.75) is 26.7 Å². The molecule has 0 N–H and O–H groups in total. The summed E-state index contributed by atoms with van der Waals surface area (Å²) in [6, 6.07) is 4.32. The Hall–Kier alpha value is -1.60. The Balaban J connectivity index is 1.72. The summed E-state index contributed by atoms with van der Waals surface area (Å²) >= 11 is 0. The van der Waals surface area contributed by atoms with Crippen molar-refractivity contribution in [2.75, 3.05) is 37.6 Å². The molecule has 0 aromatic carbocycles. The summed E-state index contributed by atoms with van der Waals surface area (Å²) in [5, 5.41) is 9.37. The summed E-state index contributed by atoms with van der Waals surface area (Å²) in [4.78, 5) is 9.45. The maximum atomic E-state index is 9.37. The van der Waals surface area contributed by atoms with Crippen LogP contribution in [0.25, 0.3) is 0 Å². The average molecular weight is 270 g/mol. The zero-order valence-electron chi connectivity index (χ0n) is 12.4. The van der Waals surface area contributed by atoms with Crippen LogP contribution in [0.2, 0.25) is 0 Å². The topological polar surface area (TPSA) is 43.2 Å². The highest BCUT2D eigenvalue weighted by atomic mass is 15.3. The molecule has 0 unspecified atom stereocenters. The molecule has 1 aliphatic carbocycles. The molecule has 2 heterocycles. The molecule has 106 valence electrons. The van der Waals surface area contributed by atoms with E-state index in [0.717, 1.165) is 54.7 Å². The first-order valence-corrected chi connectivity index (χ1v) is 7.53. The standard InChI is InChI=1S/C16H22N4/c1-12-9-13(2)18-16(15(12)10-17)20-7-5-19(6-8-20)11-14-3-4-14/h9,14H,3-8,11H2,1-2H3. The fourth-order valence-corrected chi connectivity index (χ4v) is 2.99. The molecule has 1 saturated carbocycles. The number of nitriles is 1. The number of pyridine rings is 1. The van der Waals surface area contributed by atoms with Crippen molar-refractivity contribution in [2.24, 2.45) is 5.92 Å². The van der Waals surface area contributed by atoms with Gasteiger partial charge in [-0.3, -0.25) is 4.90 Å². The molecule has 0 radical (unpaired) electrons. The monoisotopic (exact) mass is 270 g/mol. The normalized spacial score (nSPS) is 19.9. The van der Waals surface area contributed by atoms with E-state index in [2.05, 4.69) is 20.9 Å². The largest absolute Gasteiger partial charge is 0.353 e. The van der Waals surface area contributed by atoms with E-state index in [4.69, 9.17) is 0 Å². The third-order valence-electron chi connectivity index (χ3n) is 4.32. The number of nitrogens with zero attached hydrogens (tertiary/aromatic N) is 4. The second-order valence-corrected chi connectivity index (χ2v) is 6.12. The minimum atomic E-state index is 0.742. The Kier molecular flexibility index (Phi) is 3.62. The highest BCUT2D eigenvalue weighted by molar-refractivity contribution is 5.58. The fraction of sp³-hybridized carbons (Fsp3) is 0.625. The van der Waals surface area contributed by atoms with Gasteiger partial charge in [-0.15, -0.1) is 0 Å². The highest BCUT2D eigenvalue weighted by Crippen LogP contribution is 2.30. The Bertz CT molecular complexity index is 534. The van der Waals surface area contributed by atoms with E-state index in [-0.39, 0.29) is 0 Å². The molecule has 0 amide bonds. The van der Waals surface area contributed by atoms with Crippen LogP contribution in [-0.4, -0.2) is 42.6 Å². The number of anilines is 1. The van der Waals surface area contributed by atoms with Crippen LogP contribution in [0.3, 0.4) is 0 Å². The van der Waals surface area contributed by atoms with Crippen molar-refractivity contribution in [1.29, 1.82) is 5.26 Å². The zero-order valence-corrected chi connectivity index (χ0v) is 12.4. The Morgan fingerprint density at radius 2 is 1.95 bits per heavy atom. The number of rotatable bonds is 3. The third-order valence-corrected chi connectivity index (χ3v) is 4.32. The molecule has 4 heteroatoms. The van der Waals surface area contributed by atoms with Gasteiger partial charge in [-0.2, -0.15) is 5.26 Å². The SMILES string of the molecule is Cc1cc(C)c(C#N)c(N2CCN(CC3CC3)CC2)n1. The predicted molar refractivity (Wildman–Crippen MR) is 79.8 cm³/mol. The number of aromatic nitrogens is 1. The van der Waals surface area contributed by atoms with Crippen LogP contribution in [0.1, 0.15) is 29.7 Å². The van der Waals surface area contributed by atoms with Gasteiger partial charge in [0.15, 0.2) is 0 Å². The second kappa shape index (κ2) is 5.41. The molecule has 1 aliphatic heterocycles. The van der Waals surface area contributed by atoms with Gasteiger partial charge in [0.05, 0.1) is 5.56 Å². The van der Waals surface area contributed by atoms with Crippen LogP contribution >= 0.6 is 0 Å². The van der Waals surface area contributed by atoms with Crippen LogP contribution in [0.5, 0.6) is 0 Å². The van der Waals surface area contributed by atoms with E-state index in [9.17, 15) is 5.26 Å². The molecule has 1 saturated heterocycles. The molecule has 0 atom stereocenters. The lowest BCUT2D eigenvalue weighted by Crippen LogP contribution is -2.47. The smallest absolute Gasteiger partial charge is 0.147 e. The van der Waals surface area contributed by atoms with E-state index in [1.165, 1.54) is 19.4 Å². The van der Waals surface area contributed by atoms with Crippen molar-refractivity contribution < 1.29 is 0 Å². The maximum Gasteiger partial charge on any atom is 0.147 e. The quantitative estimate of drug-likeness (QED) is 0.843. The first-order chi connectivity index (χ1) is 9.67. The van der Waals surface area contributed by atoms with E-state index in [0.29, 0.717) is 0 Å². The zero-order chi connectivity index (χ0) is 14.1. The van der Waals surface area contributed by atoms with Gasteiger partial charge in [0.25, 0.3) is 0 Å². The van der Waals surface area contributed by atoms with Gasteiger partial charge in [-0.25, -0.2) is 4.98 Å². The second-order valence-electron chi connectivity index (χ2n) is 6.12. The van der Waals surface area contributed by atoms with Crippen LogP contribution in [0, 0.1) is 31.1 Å². The van der Waals surface area contributed by atoms with Gasteiger partial charge in [-0.1, -0.05) is 0 Å². The van der Waals surface area contributed by atoms with Gasteiger partial charge >= 0.3 is 0 Å². The summed E-state index contributed by atoms with van der Waals surface area (Å²) in [7, 11) is 0. The van der Waals surface area contributed by atoms with E-state index in [1.807, 2.05) is 19.9 Å². The first kappa shape index (κ1) is 13.4. The molecule has 1 aromatic heterocycles. The first-order valence-electron chi connectivity index (χ1n) is 7.53. The van der Waals surface area contributed by atoms with Crippen molar-refractivity contribution in [3.8, 4) is 6.07 Å². The number of hydrogen-bond acceptors (Lipinski definition) is 4. The van der Waals surface area contributed by atoms with Gasteiger partial charge < -0.3 is 4.90 Å². The predicted octanol–water partition coefficient (Wildman–Crippen LogP) is 2.10. The molecule has 2 aliphatic rings. The number of hydrogen-bond donors (Lipinski definition) is 0. The summed E-state index contributed by atoms with van der Waals surface area (Å²) < 4.78 is 0. The molecular weight excluding hydrogens is 248 g/mol. The van der Waals surface area contributed by atoms with Crippen LogP contribution in [0.15, 0.2) is 6.07 Å². The van der Waals surface area contributed by atoms with E-state index in [1.54, 1.807) is 0 Å². The summed E-state index contributed by atoms with van der Waals surface area (Å²) in [6.07, 6.45) is 2.83. The van der Waals surface area contributed by atoms with Crippen molar-refractivity contribution in [1.82, 2.24) is 9.88 Å². The molecule has 0 bridgehead atoms. The maximum absolute atomic E-state index is 9.37. The van der Waals surface area contributed by atoms with E-state index < -0.39 is 0 Å². The Morgan fingerprint density at radius 1 is 1.25 bits per heavy atom. The van der Waals surface area contributed by atoms with Gasteiger partial charge in [-0.05, 0) is 44.2 Å². The van der Waals surface area contributed by atoms with Crippen molar-refractivity contribution in [3.63, 3.8) is 0 Å². The minimum Gasteiger partial charge on any atom is -0.353 e.